The van der Waals surface area contributed by atoms with Gasteiger partial charge in [-0.2, -0.15) is 5.10 Å². The van der Waals surface area contributed by atoms with Crippen LogP contribution in [0.3, 0.4) is 0 Å². The molecule has 24 heavy (non-hydrogen) atoms. The molecule has 0 bridgehead atoms. The number of hydrogen-bond acceptors (Lipinski definition) is 5. The molecule has 0 saturated carbocycles. The number of nitrogens with zero attached hydrogens (tertiary/aromatic N) is 4. The molecule has 1 fully saturated rings. The maximum absolute atomic E-state index is 12.9. The Balaban J connectivity index is 1.53. The van der Waals surface area contributed by atoms with Crippen molar-refractivity contribution in [2.24, 2.45) is 0 Å². The second-order valence-electron chi connectivity index (χ2n) is 5.89. The minimum Gasteiger partial charge on any atom is -0.462 e. The average Bonchev–Trinajstić information content (AvgIpc) is 3.35. The Bertz CT molecular complexity index is 795. The van der Waals surface area contributed by atoms with Crippen molar-refractivity contribution < 1.29 is 9.21 Å². The first-order valence-electron chi connectivity index (χ1n) is 8.09. The van der Waals surface area contributed by atoms with Crippen LogP contribution >= 0.6 is 11.3 Å². The molecule has 0 aliphatic carbocycles. The van der Waals surface area contributed by atoms with E-state index in [0.717, 1.165) is 37.4 Å². The van der Waals surface area contributed by atoms with Crippen molar-refractivity contribution in [3.63, 3.8) is 0 Å². The van der Waals surface area contributed by atoms with E-state index < -0.39 is 0 Å². The highest BCUT2D eigenvalue weighted by Crippen LogP contribution is 2.26. The monoisotopic (exact) mass is 342 g/mol. The fourth-order valence-electron chi connectivity index (χ4n) is 3.11. The van der Waals surface area contributed by atoms with Gasteiger partial charge in [-0.1, -0.05) is 0 Å². The van der Waals surface area contributed by atoms with E-state index in [1.807, 2.05) is 39.4 Å². The summed E-state index contributed by atoms with van der Waals surface area (Å²) in [4.78, 5) is 19.4. The summed E-state index contributed by atoms with van der Waals surface area (Å²) in [5.74, 6) is 0.701. The lowest BCUT2D eigenvalue weighted by Gasteiger charge is -2.35. The van der Waals surface area contributed by atoms with Crippen LogP contribution < -0.4 is 0 Å². The summed E-state index contributed by atoms with van der Waals surface area (Å²) in [6.45, 7) is 1.51. The first-order valence-corrected chi connectivity index (χ1v) is 8.97. The zero-order chi connectivity index (χ0) is 16.4. The van der Waals surface area contributed by atoms with Crippen LogP contribution in [-0.4, -0.2) is 38.2 Å². The summed E-state index contributed by atoms with van der Waals surface area (Å²) >= 11 is 1.44. The third kappa shape index (κ3) is 2.99. The molecular formula is C17H18N4O2S. The molecule has 1 aliphatic heterocycles. The summed E-state index contributed by atoms with van der Waals surface area (Å²) in [5, 5.41) is 6.83. The first-order chi connectivity index (χ1) is 11.8. The largest absolute Gasteiger partial charge is 0.462 e. The summed E-state index contributed by atoms with van der Waals surface area (Å²) < 4.78 is 7.26. The summed E-state index contributed by atoms with van der Waals surface area (Å²) in [5.41, 5.74) is 0.499. The quantitative estimate of drug-likeness (QED) is 0.730. The third-order valence-electron chi connectivity index (χ3n) is 4.30. The number of amides is 1. The van der Waals surface area contributed by atoms with E-state index in [4.69, 9.17) is 4.42 Å². The van der Waals surface area contributed by atoms with Crippen LogP contribution in [0.2, 0.25) is 0 Å². The highest BCUT2D eigenvalue weighted by atomic mass is 32.1. The zero-order valence-electron chi connectivity index (χ0n) is 13.2. The molecular weight excluding hydrogens is 324 g/mol. The molecule has 124 valence electrons. The van der Waals surface area contributed by atoms with Gasteiger partial charge in [0.1, 0.15) is 5.69 Å². The predicted molar refractivity (Wildman–Crippen MR) is 90.7 cm³/mol. The molecule has 0 N–H and O–H groups in total. The topological polar surface area (TPSA) is 64.2 Å². The summed E-state index contributed by atoms with van der Waals surface area (Å²) in [6, 6.07) is 5.75. The van der Waals surface area contributed by atoms with E-state index in [0.29, 0.717) is 11.5 Å². The highest BCUT2D eigenvalue weighted by Gasteiger charge is 2.29. The Kier molecular flexibility index (Phi) is 4.17. The van der Waals surface area contributed by atoms with Crippen LogP contribution in [0.4, 0.5) is 0 Å². The van der Waals surface area contributed by atoms with Gasteiger partial charge in [-0.15, -0.1) is 11.3 Å². The second-order valence-corrected chi connectivity index (χ2v) is 6.75. The number of piperidine rings is 1. The maximum Gasteiger partial charge on any atom is 0.273 e. The number of thiazole rings is 1. The van der Waals surface area contributed by atoms with E-state index in [1.165, 1.54) is 11.3 Å². The second kappa shape index (κ2) is 6.60. The molecule has 6 nitrogen and oxygen atoms in total. The number of likely N-dealkylation sites (tertiary alicyclic amines) is 1. The van der Waals surface area contributed by atoms with Gasteiger partial charge in [0, 0.05) is 24.3 Å². The lowest BCUT2D eigenvalue weighted by atomic mass is 10.0. The third-order valence-corrected chi connectivity index (χ3v) is 5.16. The molecule has 0 unspecified atom stereocenters. The number of aromatic nitrogens is 3. The molecule has 3 aromatic rings. The average molecular weight is 342 g/mol. The summed E-state index contributed by atoms with van der Waals surface area (Å²) in [7, 11) is 0. The summed E-state index contributed by atoms with van der Waals surface area (Å²) in [6.07, 6.45) is 8.50. The van der Waals surface area contributed by atoms with Crippen LogP contribution in [0.25, 0.3) is 10.8 Å². The molecule has 7 heteroatoms. The van der Waals surface area contributed by atoms with Gasteiger partial charge in [0.2, 0.25) is 0 Å². The Morgan fingerprint density at radius 1 is 1.38 bits per heavy atom. The molecule has 1 saturated heterocycles. The Hall–Kier alpha value is -2.41. The number of furan rings is 1. The van der Waals surface area contributed by atoms with Crippen molar-refractivity contribution in [1.82, 2.24) is 19.7 Å². The van der Waals surface area contributed by atoms with E-state index in [2.05, 4.69) is 10.1 Å². The van der Waals surface area contributed by atoms with Crippen LogP contribution in [0.5, 0.6) is 0 Å². The molecule has 1 atom stereocenters. The van der Waals surface area contributed by atoms with Crippen LogP contribution in [0.15, 0.2) is 46.7 Å². The van der Waals surface area contributed by atoms with Crippen LogP contribution in [0, 0.1) is 0 Å². The first kappa shape index (κ1) is 15.1. The smallest absolute Gasteiger partial charge is 0.273 e. The number of hydrogen-bond donors (Lipinski definition) is 0. The molecule has 0 spiro atoms. The van der Waals surface area contributed by atoms with Gasteiger partial charge >= 0.3 is 0 Å². The fraction of sp³-hybridized carbons (Fsp3) is 0.353. The van der Waals surface area contributed by atoms with Crippen molar-refractivity contribution in [3.8, 4) is 10.8 Å². The van der Waals surface area contributed by atoms with Gasteiger partial charge in [0.25, 0.3) is 5.91 Å². The molecule has 3 aromatic heterocycles. The minimum atomic E-state index is 0.000845. The van der Waals surface area contributed by atoms with Crippen molar-refractivity contribution in [2.45, 2.75) is 31.8 Å². The number of carbonyl (C=O) groups excluding carboxylic acids is 1. The van der Waals surface area contributed by atoms with Crippen LogP contribution in [-0.2, 0) is 6.54 Å². The SMILES string of the molecule is O=C(c1csc(-c2ccco2)n1)N1CCCC[C@H]1Cn1cccn1. The van der Waals surface area contributed by atoms with Gasteiger partial charge in [-0.05, 0) is 37.5 Å². The van der Waals surface area contributed by atoms with Crippen molar-refractivity contribution in [2.75, 3.05) is 6.54 Å². The normalized spacial score (nSPS) is 18.0. The molecule has 4 rings (SSSR count). The number of carbonyl (C=O) groups is 1. The van der Waals surface area contributed by atoms with Gasteiger partial charge in [-0.3, -0.25) is 9.48 Å². The van der Waals surface area contributed by atoms with E-state index in [-0.39, 0.29) is 11.9 Å². The van der Waals surface area contributed by atoms with Gasteiger partial charge in [0.15, 0.2) is 10.8 Å². The minimum absolute atomic E-state index is 0.000845. The van der Waals surface area contributed by atoms with Crippen molar-refractivity contribution in [3.05, 3.63) is 47.9 Å². The van der Waals surface area contributed by atoms with Gasteiger partial charge < -0.3 is 9.32 Å². The predicted octanol–water partition coefficient (Wildman–Crippen LogP) is 3.29. The van der Waals surface area contributed by atoms with E-state index in [9.17, 15) is 4.79 Å². The van der Waals surface area contributed by atoms with E-state index >= 15 is 0 Å². The van der Waals surface area contributed by atoms with E-state index in [1.54, 1.807) is 12.5 Å². The Morgan fingerprint density at radius 3 is 3.12 bits per heavy atom. The lowest BCUT2D eigenvalue weighted by molar-refractivity contribution is 0.0579. The Labute approximate surface area is 143 Å². The highest BCUT2D eigenvalue weighted by molar-refractivity contribution is 7.13. The molecule has 1 amide bonds. The molecule has 0 radical (unpaired) electrons. The Morgan fingerprint density at radius 2 is 2.33 bits per heavy atom. The van der Waals surface area contributed by atoms with Crippen molar-refractivity contribution in [1.29, 1.82) is 0 Å². The van der Waals surface area contributed by atoms with Crippen LogP contribution in [0.1, 0.15) is 29.8 Å². The number of rotatable bonds is 4. The molecule has 4 heterocycles. The molecule has 1 aliphatic rings. The fourth-order valence-corrected chi connectivity index (χ4v) is 3.87. The maximum atomic E-state index is 12.9. The van der Waals surface area contributed by atoms with Gasteiger partial charge in [-0.25, -0.2) is 4.98 Å². The zero-order valence-corrected chi connectivity index (χ0v) is 14.0. The van der Waals surface area contributed by atoms with Gasteiger partial charge in [0.05, 0.1) is 18.8 Å². The standard InChI is InChI=1S/C17H18N4O2S/c22-17(14-12-24-16(19-14)15-6-3-10-23-15)21-9-2-1-5-13(21)11-20-8-4-7-18-20/h3-4,6-8,10,12-13H,1-2,5,9,11H2/t13-/m0/s1. The lowest BCUT2D eigenvalue weighted by Crippen LogP contribution is -2.46. The molecule has 0 aromatic carbocycles. The van der Waals surface area contributed by atoms with Crippen molar-refractivity contribution >= 4 is 17.2 Å².